The van der Waals surface area contributed by atoms with Crippen LogP contribution in [0, 0.1) is 28.6 Å². The third-order valence-corrected chi connectivity index (χ3v) is 9.19. The van der Waals surface area contributed by atoms with Gasteiger partial charge in [0.05, 0.1) is 7.11 Å². The smallest absolute Gasteiger partial charge is 0.339 e. The monoisotopic (exact) mass is 407 g/mol. The molecule has 2 unspecified atom stereocenters. The molecule has 30 heavy (non-hydrogen) atoms. The summed E-state index contributed by atoms with van der Waals surface area (Å²) < 4.78 is 5.34. The van der Waals surface area contributed by atoms with Gasteiger partial charge in [0.2, 0.25) is 0 Å². The van der Waals surface area contributed by atoms with E-state index in [-0.39, 0.29) is 22.3 Å². The summed E-state index contributed by atoms with van der Waals surface area (Å²) in [6, 6.07) is 3.49. The molecule has 0 amide bonds. The summed E-state index contributed by atoms with van der Waals surface area (Å²) in [6.45, 7) is 4.22. The number of hydrogen-bond donors (Lipinski definition) is 2. The zero-order valence-corrected chi connectivity index (χ0v) is 17.9. The van der Waals surface area contributed by atoms with E-state index in [2.05, 4.69) is 19.2 Å². The van der Waals surface area contributed by atoms with Crippen LogP contribution in [0.15, 0.2) is 18.2 Å². The molecule has 1 spiro atoms. The standard InChI is InChI=1S/C25H29NO4/c1-23(2)9-13-4-20(30-3)18(22(28)29)7-17(13)19(26-23)8-21(27)24-10-15-5-14-6-16(11-24)25(14,15)12-24/h4,7-8,14-16,26H,5-6,9-12H2,1-3H3,(H,28,29)/b19-8-. The van der Waals surface area contributed by atoms with Crippen molar-refractivity contribution >= 4 is 17.4 Å². The second kappa shape index (κ2) is 5.49. The van der Waals surface area contributed by atoms with Crippen molar-refractivity contribution in [1.82, 2.24) is 5.32 Å². The molecule has 5 heteroatoms. The number of aromatic carboxylic acids is 1. The largest absolute Gasteiger partial charge is 0.496 e. The van der Waals surface area contributed by atoms with Gasteiger partial charge >= 0.3 is 5.97 Å². The number of allylic oxidation sites excluding steroid dienone is 1. The van der Waals surface area contributed by atoms with Crippen molar-refractivity contribution < 1.29 is 19.4 Å². The van der Waals surface area contributed by atoms with Gasteiger partial charge in [-0.15, -0.1) is 0 Å². The predicted octanol–water partition coefficient (Wildman–Crippen LogP) is 4.05. The molecule has 5 aliphatic rings. The molecular weight excluding hydrogens is 378 g/mol. The van der Waals surface area contributed by atoms with Gasteiger partial charge in [-0.3, -0.25) is 4.79 Å². The second-order valence-electron chi connectivity index (χ2n) is 11.2. The number of methoxy groups -OCH3 is 1. The van der Waals surface area contributed by atoms with Crippen molar-refractivity contribution in [2.45, 2.75) is 57.9 Å². The van der Waals surface area contributed by atoms with E-state index in [0.717, 1.165) is 60.3 Å². The number of carboxylic acids is 1. The fraction of sp³-hybridized carbons (Fsp3) is 0.600. The zero-order chi connectivity index (χ0) is 21.1. The molecule has 2 N–H and O–H groups in total. The van der Waals surface area contributed by atoms with Gasteiger partial charge in [0.25, 0.3) is 0 Å². The number of rotatable bonds is 4. The molecule has 1 heterocycles. The highest BCUT2D eigenvalue weighted by Gasteiger charge is 2.78. The quantitative estimate of drug-likeness (QED) is 0.737. The third-order valence-electron chi connectivity index (χ3n) is 9.19. The molecule has 1 aliphatic heterocycles. The van der Waals surface area contributed by atoms with E-state index in [4.69, 9.17) is 4.74 Å². The summed E-state index contributed by atoms with van der Waals surface area (Å²) in [6.07, 6.45) is 8.41. The SMILES string of the molecule is COc1cc2c(cc1C(=O)O)/C(=C/C(=O)C13CC4CC5CC(C1)C54C3)NC(C)(C)C2. The van der Waals surface area contributed by atoms with Crippen LogP contribution < -0.4 is 10.1 Å². The van der Waals surface area contributed by atoms with Gasteiger partial charge in [-0.1, -0.05) is 0 Å². The fourth-order valence-corrected chi connectivity index (χ4v) is 8.07. The lowest BCUT2D eigenvalue weighted by Gasteiger charge is -2.66. The first-order chi connectivity index (χ1) is 14.2. The van der Waals surface area contributed by atoms with Gasteiger partial charge < -0.3 is 15.2 Å². The Hall–Kier alpha value is -2.30. The molecule has 1 aromatic carbocycles. The molecule has 0 saturated heterocycles. The van der Waals surface area contributed by atoms with Crippen LogP contribution in [0.2, 0.25) is 0 Å². The minimum Gasteiger partial charge on any atom is -0.496 e. The average molecular weight is 408 g/mol. The van der Waals surface area contributed by atoms with Crippen LogP contribution in [-0.4, -0.2) is 29.5 Å². The van der Waals surface area contributed by atoms with Gasteiger partial charge in [-0.2, -0.15) is 0 Å². The Morgan fingerprint density at radius 3 is 2.43 bits per heavy atom. The zero-order valence-electron chi connectivity index (χ0n) is 17.9. The lowest BCUT2D eigenvalue weighted by molar-refractivity contribution is -0.177. The molecule has 4 aliphatic carbocycles. The van der Waals surface area contributed by atoms with E-state index in [0.29, 0.717) is 11.2 Å². The van der Waals surface area contributed by atoms with E-state index in [1.165, 1.54) is 20.0 Å². The number of fused-ring (bicyclic) bond motifs is 2. The highest BCUT2D eigenvalue weighted by Crippen LogP contribution is 2.84. The minimum atomic E-state index is -1.02. The predicted molar refractivity (Wildman–Crippen MR) is 112 cm³/mol. The van der Waals surface area contributed by atoms with Crippen LogP contribution >= 0.6 is 0 Å². The maximum absolute atomic E-state index is 13.7. The highest BCUT2D eigenvalue weighted by atomic mass is 16.5. The molecule has 2 atom stereocenters. The molecule has 0 radical (unpaired) electrons. The van der Waals surface area contributed by atoms with Crippen molar-refractivity contribution in [3.05, 3.63) is 34.9 Å². The Labute approximate surface area is 176 Å². The van der Waals surface area contributed by atoms with E-state index >= 15 is 0 Å². The van der Waals surface area contributed by atoms with Crippen molar-refractivity contribution in [2.24, 2.45) is 28.6 Å². The maximum Gasteiger partial charge on any atom is 0.339 e. The van der Waals surface area contributed by atoms with Crippen molar-refractivity contribution in [1.29, 1.82) is 0 Å². The number of benzene rings is 1. The average Bonchev–Trinajstić information content (AvgIpc) is 3.14. The molecule has 4 fully saturated rings. The summed E-state index contributed by atoms with van der Waals surface area (Å²) in [4.78, 5) is 25.4. The Bertz CT molecular complexity index is 1020. The van der Waals surface area contributed by atoms with Crippen LogP contribution in [-0.2, 0) is 11.2 Å². The van der Waals surface area contributed by atoms with Crippen molar-refractivity contribution in [3.63, 3.8) is 0 Å². The summed E-state index contributed by atoms with van der Waals surface area (Å²) in [5.74, 6) is 2.02. The second-order valence-corrected chi connectivity index (χ2v) is 11.2. The molecule has 0 aromatic heterocycles. The van der Waals surface area contributed by atoms with Crippen LogP contribution in [0.4, 0.5) is 0 Å². The van der Waals surface area contributed by atoms with Crippen LogP contribution in [0.3, 0.4) is 0 Å². The number of carboxylic acid groups (broad SMARTS) is 1. The lowest BCUT2D eigenvalue weighted by Crippen LogP contribution is -2.59. The number of hydrogen-bond acceptors (Lipinski definition) is 4. The summed E-state index contributed by atoms with van der Waals surface area (Å²) >= 11 is 0. The van der Waals surface area contributed by atoms with Crippen LogP contribution in [0.5, 0.6) is 5.75 Å². The van der Waals surface area contributed by atoms with Gasteiger partial charge in [0, 0.05) is 28.3 Å². The molecule has 1 aromatic rings. The number of carbonyl (C=O) groups is 2. The molecule has 2 bridgehead atoms. The highest BCUT2D eigenvalue weighted by molar-refractivity contribution is 6.02. The van der Waals surface area contributed by atoms with Crippen LogP contribution in [0.1, 0.15) is 67.4 Å². The van der Waals surface area contributed by atoms with E-state index < -0.39 is 5.97 Å². The number of ether oxygens (including phenoxy) is 1. The van der Waals surface area contributed by atoms with Crippen LogP contribution in [0.25, 0.3) is 5.70 Å². The molecule has 6 rings (SSSR count). The Morgan fingerprint density at radius 1 is 1.17 bits per heavy atom. The topological polar surface area (TPSA) is 75.6 Å². The lowest BCUT2D eigenvalue weighted by atomic mass is 9.38. The van der Waals surface area contributed by atoms with E-state index in [9.17, 15) is 14.7 Å². The third kappa shape index (κ3) is 2.13. The van der Waals surface area contributed by atoms with E-state index in [1.807, 2.05) is 6.07 Å². The van der Waals surface area contributed by atoms with Crippen molar-refractivity contribution in [2.75, 3.05) is 7.11 Å². The van der Waals surface area contributed by atoms with Gasteiger partial charge in [-0.25, -0.2) is 4.79 Å². The Balaban J connectivity index is 1.41. The first-order valence-corrected chi connectivity index (χ1v) is 11.2. The number of ketones is 1. The van der Waals surface area contributed by atoms with Gasteiger partial charge in [0.15, 0.2) is 5.78 Å². The molecule has 158 valence electrons. The molecule has 4 saturated carbocycles. The van der Waals surface area contributed by atoms with E-state index in [1.54, 1.807) is 12.1 Å². The molecular formula is C25H29NO4. The minimum absolute atomic E-state index is 0.133. The normalized spacial score (nSPS) is 40.0. The summed E-state index contributed by atoms with van der Waals surface area (Å²) in [5, 5.41) is 13.2. The maximum atomic E-state index is 13.7. The Morgan fingerprint density at radius 2 is 1.87 bits per heavy atom. The summed E-state index contributed by atoms with van der Waals surface area (Å²) in [5.41, 5.74) is 2.84. The first-order valence-electron chi connectivity index (χ1n) is 11.2. The van der Waals surface area contributed by atoms with Gasteiger partial charge in [0.1, 0.15) is 11.3 Å². The van der Waals surface area contributed by atoms with Gasteiger partial charge in [-0.05, 0) is 93.2 Å². The molecule has 5 nitrogen and oxygen atoms in total. The first kappa shape index (κ1) is 18.5. The fourth-order valence-electron chi connectivity index (χ4n) is 8.07. The number of nitrogens with one attached hydrogen (secondary N) is 1. The Kier molecular flexibility index (Phi) is 3.38. The van der Waals surface area contributed by atoms with Crippen molar-refractivity contribution in [3.8, 4) is 5.75 Å². The number of carbonyl (C=O) groups excluding carboxylic acids is 1. The summed E-state index contributed by atoms with van der Waals surface area (Å²) in [7, 11) is 1.50.